The van der Waals surface area contributed by atoms with Gasteiger partial charge in [0.25, 0.3) is 0 Å². The van der Waals surface area contributed by atoms with Crippen molar-refractivity contribution >= 4 is 17.9 Å². The van der Waals surface area contributed by atoms with Gasteiger partial charge in [-0.3, -0.25) is 14.4 Å². The third kappa shape index (κ3) is 50.5. The summed E-state index contributed by atoms with van der Waals surface area (Å²) < 4.78 is 16.8. The Balaban J connectivity index is 4.38. The van der Waals surface area contributed by atoms with Crippen molar-refractivity contribution in [2.45, 2.75) is 297 Å². The van der Waals surface area contributed by atoms with Crippen molar-refractivity contribution in [2.24, 2.45) is 0 Å². The third-order valence-corrected chi connectivity index (χ3v) is 12.1. The van der Waals surface area contributed by atoms with Crippen LogP contribution in [0.1, 0.15) is 290 Å². The summed E-state index contributed by atoms with van der Waals surface area (Å²) in [5, 5.41) is 0. The van der Waals surface area contributed by atoms with Gasteiger partial charge in [-0.2, -0.15) is 0 Å². The van der Waals surface area contributed by atoms with Crippen molar-refractivity contribution in [1.29, 1.82) is 0 Å². The molecule has 63 heavy (non-hydrogen) atoms. The van der Waals surface area contributed by atoms with E-state index >= 15 is 0 Å². The molecule has 0 saturated heterocycles. The normalized spacial score (nSPS) is 12.2. The Kier molecular flexibility index (Phi) is 50.3. The van der Waals surface area contributed by atoms with E-state index in [1.807, 2.05) is 0 Å². The van der Waals surface area contributed by atoms with E-state index in [0.717, 1.165) is 89.9 Å². The number of hydrogen-bond acceptors (Lipinski definition) is 6. The molecule has 6 heteroatoms. The lowest BCUT2D eigenvalue weighted by molar-refractivity contribution is -0.167. The highest BCUT2D eigenvalue weighted by Gasteiger charge is 2.19. The SMILES string of the molecule is CCCCC/C=C\C/C=C\CCCCCCCC(=O)O[C@@H](COC(=O)CCCCCCC/C=C\CCCCCCCCC)COC(=O)CCCCCCCCCCCCCCCC. The number of hydrogen-bond donors (Lipinski definition) is 0. The Morgan fingerprint density at radius 1 is 0.317 bits per heavy atom. The van der Waals surface area contributed by atoms with E-state index in [9.17, 15) is 14.4 Å². The predicted octanol–water partition coefficient (Wildman–Crippen LogP) is 18.1. The maximum atomic E-state index is 12.8. The van der Waals surface area contributed by atoms with E-state index < -0.39 is 6.10 Å². The van der Waals surface area contributed by atoms with Crippen LogP contribution in [0.4, 0.5) is 0 Å². The van der Waals surface area contributed by atoms with Gasteiger partial charge in [0.15, 0.2) is 6.10 Å². The van der Waals surface area contributed by atoms with Crippen LogP contribution < -0.4 is 0 Å². The smallest absolute Gasteiger partial charge is 0.306 e. The summed E-state index contributed by atoms with van der Waals surface area (Å²) in [7, 11) is 0. The number of carbonyl (C=O) groups excluding carboxylic acids is 3. The average molecular weight is 885 g/mol. The van der Waals surface area contributed by atoms with Crippen molar-refractivity contribution in [1.82, 2.24) is 0 Å². The first-order valence-corrected chi connectivity index (χ1v) is 27.5. The maximum Gasteiger partial charge on any atom is 0.306 e. The molecule has 0 rings (SSSR count). The molecule has 0 heterocycles. The van der Waals surface area contributed by atoms with Gasteiger partial charge in [0.05, 0.1) is 0 Å². The molecule has 0 fully saturated rings. The number of ether oxygens (including phenoxy) is 3. The molecule has 1 atom stereocenters. The first kappa shape index (κ1) is 60.6. The second kappa shape index (κ2) is 52.3. The Bertz CT molecular complexity index is 1060. The zero-order valence-electron chi connectivity index (χ0n) is 42.1. The highest BCUT2D eigenvalue weighted by Crippen LogP contribution is 2.16. The fourth-order valence-corrected chi connectivity index (χ4v) is 7.94. The molecule has 0 unspecified atom stereocenters. The monoisotopic (exact) mass is 885 g/mol. The Morgan fingerprint density at radius 2 is 0.571 bits per heavy atom. The largest absolute Gasteiger partial charge is 0.462 e. The predicted molar refractivity (Wildman–Crippen MR) is 270 cm³/mol. The van der Waals surface area contributed by atoms with Gasteiger partial charge in [0, 0.05) is 19.3 Å². The summed E-state index contributed by atoms with van der Waals surface area (Å²) in [4.78, 5) is 38.0. The minimum Gasteiger partial charge on any atom is -0.462 e. The van der Waals surface area contributed by atoms with Crippen LogP contribution in [-0.4, -0.2) is 37.2 Å². The summed E-state index contributed by atoms with van der Waals surface area (Å²) in [6.45, 7) is 6.62. The van der Waals surface area contributed by atoms with Crippen molar-refractivity contribution in [3.8, 4) is 0 Å². The Labute approximate surface area is 391 Å². The first-order chi connectivity index (χ1) is 31.0. The van der Waals surface area contributed by atoms with Crippen LogP contribution in [0.5, 0.6) is 0 Å². The molecular formula is C57H104O6. The fourth-order valence-electron chi connectivity index (χ4n) is 7.94. The summed E-state index contributed by atoms with van der Waals surface area (Å²) in [5.41, 5.74) is 0. The van der Waals surface area contributed by atoms with E-state index in [1.165, 1.54) is 161 Å². The third-order valence-electron chi connectivity index (χ3n) is 12.1. The molecule has 368 valence electrons. The van der Waals surface area contributed by atoms with Crippen LogP contribution in [0.25, 0.3) is 0 Å². The Morgan fingerprint density at radius 3 is 0.921 bits per heavy atom. The van der Waals surface area contributed by atoms with Gasteiger partial charge in [-0.05, 0) is 77.0 Å². The Hall–Kier alpha value is -2.37. The van der Waals surface area contributed by atoms with Gasteiger partial charge in [0.2, 0.25) is 0 Å². The molecule has 0 N–H and O–H groups in total. The summed E-state index contributed by atoms with van der Waals surface area (Å²) in [6.07, 6.45) is 61.2. The van der Waals surface area contributed by atoms with Gasteiger partial charge in [-0.15, -0.1) is 0 Å². The zero-order chi connectivity index (χ0) is 45.8. The van der Waals surface area contributed by atoms with Crippen molar-refractivity contribution in [3.05, 3.63) is 36.5 Å². The molecular weight excluding hydrogens is 781 g/mol. The molecule has 0 aliphatic carbocycles. The second-order valence-corrected chi connectivity index (χ2v) is 18.5. The van der Waals surface area contributed by atoms with E-state index in [2.05, 4.69) is 57.2 Å². The number of unbranched alkanes of at least 4 members (excludes halogenated alkanes) is 33. The lowest BCUT2D eigenvalue weighted by atomic mass is 10.0. The molecule has 6 nitrogen and oxygen atoms in total. The van der Waals surface area contributed by atoms with E-state index in [0.29, 0.717) is 19.3 Å². The van der Waals surface area contributed by atoms with Crippen LogP contribution in [0.2, 0.25) is 0 Å². The lowest BCUT2D eigenvalue weighted by Gasteiger charge is -2.18. The number of carbonyl (C=O) groups is 3. The maximum absolute atomic E-state index is 12.8. The zero-order valence-corrected chi connectivity index (χ0v) is 42.1. The topological polar surface area (TPSA) is 78.9 Å². The highest BCUT2D eigenvalue weighted by molar-refractivity contribution is 5.71. The lowest BCUT2D eigenvalue weighted by Crippen LogP contribution is -2.30. The van der Waals surface area contributed by atoms with Crippen LogP contribution in [0.3, 0.4) is 0 Å². The summed E-state index contributed by atoms with van der Waals surface area (Å²) in [5.74, 6) is -0.886. The minimum atomic E-state index is -0.779. The van der Waals surface area contributed by atoms with E-state index in [1.54, 1.807) is 0 Å². The van der Waals surface area contributed by atoms with Gasteiger partial charge < -0.3 is 14.2 Å². The number of rotatable bonds is 50. The van der Waals surface area contributed by atoms with E-state index in [-0.39, 0.29) is 31.1 Å². The quantitative estimate of drug-likeness (QED) is 0.0262. The van der Waals surface area contributed by atoms with Gasteiger partial charge >= 0.3 is 17.9 Å². The number of esters is 3. The molecule has 0 saturated carbocycles. The molecule has 0 bridgehead atoms. The molecule has 0 amide bonds. The average Bonchev–Trinajstić information content (AvgIpc) is 3.28. The van der Waals surface area contributed by atoms with Gasteiger partial charge in [-0.25, -0.2) is 0 Å². The van der Waals surface area contributed by atoms with Gasteiger partial charge in [0.1, 0.15) is 13.2 Å². The molecule has 0 aliphatic rings. The summed E-state index contributed by atoms with van der Waals surface area (Å²) >= 11 is 0. The standard InChI is InChI=1S/C57H104O6/c1-4-7-10-13-16-19-22-25-28-30-32-35-38-41-44-47-50-56(59)62-53-54(52-61-55(58)49-46-43-40-37-34-31-27-24-21-18-15-12-9-6-3)63-57(60)51-48-45-42-39-36-33-29-26-23-20-17-14-11-8-5-2/h17,20,26,28-30,54H,4-16,18-19,21-25,27,31-53H2,1-3H3/b20-17-,29-26-,30-28-/t54-/m1/s1. The molecule has 0 aromatic rings. The molecule has 0 radical (unpaired) electrons. The van der Waals surface area contributed by atoms with Crippen LogP contribution in [0.15, 0.2) is 36.5 Å². The minimum absolute atomic E-state index is 0.0773. The number of allylic oxidation sites excluding steroid dienone is 6. The first-order valence-electron chi connectivity index (χ1n) is 27.5. The summed E-state index contributed by atoms with van der Waals surface area (Å²) in [6, 6.07) is 0. The van der Waals surface area contributed by atoms with Crippen LogP contribution >= 0.6 is 0 Å². The van der Waals surface area contributed by atoms with Crippen molar-refractivity contribution in [2.75, 3.05) is 13.2 Å². The van der Waals surface area contributed by atoms with Gasteiger partial charge in [-0.1, -0.05) is 231 Å². The molecule has 0 spiro atoms. The van der Waals surface area contributed by atoms with Crippen LogP contribution in [-0.2, 0) is 28.6 Å². The molecule has 0 aromatic heterocycles. The fraction of sp³-hybridized carbons (Fsp3) is 0.842. The van der Waals surface area contributed by atoms with Crippen LogP contribution in [0, 0.1) is 0 Å². The van der Waals surface area contributed by atoms with E-state index in [4.69, 9.17) is 14.2 Å². The molecule has 0 aliphatic heterocycles. The van der Waals surface area contributed by atoms with Crippen molar-refractivity contribution < 1.29 is 28.6 Å². The second-order valence-electron chi connectivity index (χ2n) is 18.5. The molecule has 0 aromatic carbocycles. The van der Waals surface area contributed by atoms with Crippen molar-refractivity contribution in [3.63, 3.8) is 0 Å². The highest BCUT2D eigenvalue weighted by atomic mass is 16.6.